The number of likely N-dealkylation sites (tertiary alicyclic amines) is 1. The molecule has 1 aromatic rings. The monoisotopic (exact) mass is 535 g/mol. The summed E-state index contributed by atoms with van der Waals surface area (Å²) in [5.74, 6) is 1.63. The number of aliphatic imine (C=N–C) groups is 1. The molecule has 164 valence electrons. The van der Waals surface area contributed by atoms with Gasteiger partial charge in [-0.05, 0) is 56.5 Å². The van der Waals surface area contributed by atoms with Crippen molar-refractivity contribution >= 4 is 47.2 Å². The first-order chi connectivity index (χ1) is 13.7. The molecule has 0 aliphatic carbocycles. The summed E-state index contributed by atoms with van der Waals surface area (Å²) in [6.07, 6.45) is 3.57. The lowest BCUT2D eigenvalue weighted by Crippen LogP contribution is -2.47. The fourth-order valence-corrected chi connectivity index (χ4v) is 4.23. The minimum atomic E-state index is 0. The first-order valence-electron chi connectivity index (χ1n) is 10.4. The molecule has 0 radical (unpaired) electrons. The van der Waals surface area contributed by atoms with Crippen LogP contribution in [0.5, 0.6) is 0 Å². The van der Waals surface area contributed by atoms with Crippen LogP contribution in [0.4, 0.5) is 5.69 Å². The van der Waals surface area contributed by atoms with Crippen LogP contribution in [0.3, 0.4) is 0 Å². The Kier molecular flexibility index (Phi) is 10.8. The van der Waals surface area contributed by atoms with Crippen molar-refractivity contribution in [1.29, 1.82) is 0 Å². The molecule has 0 spiro atoms. The Bertz CT molecular complexity index is 639. The van der Waals surface area contributed by atoms with Crippen molar-refractivity contribution in [1.82, 2.24) is 15.5 Å². The maximum Gasteiger partial charge on any atom is 0.191 e. The average molecular weight is 536 g/mol. The summed E-state index contributed by atoms with van der Waals surface area (Å²) in [6.45, 7) is 7.20. The SMILES string of the molecule is CN=C(NCC1CCN(CCOC)CC1)NC1CCN(c2cccc(Cl)c2)C1.I. The second-order valence-electron chi connectivity index (χ2n) is 7.79. The normalized spacial score (nSPS) is 21.1. The van der Waals surface area contributed by atoms with Gasteiger partial charge in [-0.25, -0.2) is 0 Å². The minimum absolute atomic E-state index is 0. The van der Waals surface area contributed by atoms with Crippen LogP contribution in [0.15, 0.2) is 29.3 Å². The molecule has 2 fully saturated rings. The molecule has 1 aromatic carbocycles. The Balaban J connectivity index is 0.00000300. The molecule has 6 nitrogen and oxygen atoms in total. The highest BCUT2D eigenvalue weighted by Crippen LogP contribution is 2.23. The summed E-state index contributed by atoms with van der Waals surface area (Å²) in [5, 5.41) is 7.93. The van der Waals surface area contributed by atoms with Crippen LogP contribution in [0.2, 0.25) is 5.02 Å². The van der Waals surface area contributed by atoms with Crippen LogP contribution in [-0.2, 0) is 4.74 Å². The first-order valence-corrected chi connectivity index (χ1v) is 10.7. The van der Waals surface area contributed by atoms with Crippen molar-refractivity contribution < 1.29 is 4.74 Å². The Labute approximate surface area is 197 Å². The van der Waals surface area contributed by atoms with Crippen molar-refractivity contribution in [2.24, 2.45) is 10.9 Å². The molecule has 2 N–H and O–H groups in total. The summed E-state index contributed by atoms with van der Waals surface area (Å²) in [4.78, 5) is 9.31. The van der Waals surface area contributed by atoms with Gasteiger partial charge in [0.2, 0.25) is 0 Å². The molecule has 2 heterocycles. The second kappa shape index (κ2) is 12.8. The third kappa shape index (κ3) is 7.77. The zero-order valence-corrected chi connectivity index (χ0v) is 20.7. The number of piperidine rings is 1. The lowest BCUT2D eigenvalue weighted by Gasteiger charge is -2.32. The number of hydrogen-bond donors (Lipinski definition) is 2. The van der Waals surface area contributed by atoms with Crippen LogP contribution in [0.1, 0.15) is 19.3 Å². The van der Waals surface area contributed by atoms with Crippen LogP contribution in [0, 0.1) is 5.92 Å². The highest BCUT2D eigenvalue weighted by atomic mass is 127. The standard InChI is InChI=1S/C21H34ClN5O.HI/c1-23-21(24-15-17-6-9-26(10-7-17)12-13-28-2)25-19-8-11-27(16-19)20-5-3-4-18(22)14-20;/h3-5,14,17,19H,6-13,15-16H2,1-2H3,(H2,23,24,25);1H. The van der Waals surface area contributed by atoms with E-state index in [9.17, 15) is 0 Å². The molecule has 1 atom stereocenters. The molecule has 29 heavy (non-hydrogen) atoms. The molecular formula is C21H35ClIN5O. The largest absolute Gasteiger partial charge is 0.383 e. The van der Waals surface area contributed by atoms with Crippen molar-refractivity contribution in [3.05, 3.63) is 29.3 Å². The van der Waals surface area contributed by atoms with Crippen molar-refractivity contribution in [2.75, 3.05) is 64.9 Å². The van der Waals surface area contributed by atoms with Gasteiger partial charge in [0.15, 0.2) is 5.96 Å². The predicted molar refractivity (Wildman–Crippen MR) is 133 cm³/mol. The maximum absolute atomic E-state index is 6.13. The summed E-state index contributed by atoms with van der Waals surface area (Å²) in [5.41, 5.74) is 1.19. The highest BCUT2D eigenvalue weighted by molar-refractivity contribution is 14.0. The Hall–Kier alpha value is -0.770. The molecule has 0 saturated carbocycles. The number of rotatable bonds is 7. The van der Waals surface area contributed by atoms with E-state index in [0.717, 1.165) is 50.2 Å². The number of nitrogens with one attached hydrogen (secondary N) is 2. The zero-order valence-electron chi connectivity index (χ0n) is 17.6. The van der Waals surface area contributed by atoms with Gasteiger partial charge in [0, 0.05) is 57.1 Å². The third-order valence-corrected chi connectivity index (χ3v) is 6.04. The van der Waals surface area contributed by atoms with Crippen molar-refractivity contribution in [2.45, 2.75) is 25.3 Å². The van der Waals surface area contributed by atoms with Gasteiger partial charge in [-0.15, -0.1) is 24.0 Å². The molecule has 8 heteroatoms. The minimum Gasteiger partial charge on any atom is -0.383 e. The molecule has 0 aromatic heterocycles. The summed E-state index contributed by atoms with van der Waals surface area (Å²) < 4.78 is 5.18. The summed E-state index contributed by atoms with van der Waals surface area (Å²) in [7, 11) is 3.63. The average Bonchev–Trinajstić information content (AvgIpc) is 3.19. The van der Waals surface area contributed by atoms with Gasteiger partial charge in [-0.2, -0.15) is 0 Å². The Morgan fingerprint density at radius 1 is 1.24 bits per heavy atom. The molecule has 2 saturated heterocycles. The zero-order chi connectivity index (χ0) is 19.8. The molecular weight excluding hydrogens is 501 g/mol. The van der Waals surface area contributed by atoms with Crippen LogP contribution in [0.25, 0.3) is 0 Å². The van der Waals surface area contributed by atoms with Gasteiger partial charge in [-0.3, -0.25) is 4.99 Å². The lowest BCUT2D eigenvalue weighted by atomic mass is 9.97. The van der Waals surface area contributed by atoms with E-state index in [4.69, 9.17) is 16.3 Å². The van der Waals surface area contributed by atoms with Gasteiger partial charge in [0.25, 0.3) is 0 Å². The van der Waals surface area contributed by atoms with Crippen molar-refractivity contribution in [3.63, 3.8) is 0 Å². The van der Waals surface area contributed by atoms with E-state index >= 15 is 0 Å². The number of guanidine groups is 1. The van der Waals surface area contributed by atoms with Crippen LogP contribution in [-0.4, -0.2) is 76.9 Å². The second-order valence-corrected chi connectivity index (χ2v) is 8.22. The van der Waals surface area contributed by atoms with Gasteiger partial charge in [-0.1, -0.05) is 17.7 Å². The van der Waals surface area contributed by atoms with E-state index in [2.05, 4.69) is 31.5 Å². The molecule has 0 bridgehead atoms. The number of nitrogens with zero attached hydrogens (tertiary/aromatic N) is 3. The van der Waals surface area contributed by atoms with E-state index in [1.54, 1.807) is 7.11 Å². The van der Waals surface area contributed by atoms with Gasteiger partial charge < -0.3 is 25.2 Å². The van der Waals surface area contributed by atoms with E-state index in [1.165, 1.54) is 31.6 Å². The van der Waals surface area contributed by atoms with Gasteiger partial charge in [0.1, 0.15) is 0 Å². The summed E-state index contributed by atoms with van der Waals surface area (Å²) >= 11 is 6.13. The van der Waals surface area contributed by atoms with E-state index in [1.807, 2.05) is 25.2 Å². The molecule has 2 aliphatic heterocycles. The highest BCUT2D eigenvalue weighted by Gasteiger charge is 2.24. The number of halogens is 2. The fourth-order valence-electron chi connectivity index (χ4n) is 4.05. The summed E-state index contributed by atoms with van der Waals surface area (Å²) in [6, 6.07) is 8.50. The topological polar surface area (TPSA) is 52.1 Å². The molecule has 0 amide bonds. The van der Waals surface area contributed by atoms with E-state index in [-0.39, 0.29) is 24.0 Å². The van der Waals surface area contributed by atoms with E-state index in [0.29, 0.717) is 12.0 Å². The Morgan fingerprint density at radius 2 is 2.03 bits per heavy atom. The maximum atomic E-state index is 6.13. The predicted octanol–water partition coefficient (Wildman–Crippen LogP) is 3.06. The number of benzene rings is 1. The molecule has 2 aliphatic rings. The van der Waals surface area contributed by atoms with Crippen LogP contribution < -0.4 is 15.5 Å². The van der Waals surface area contributed by atoms with Crippen molar-refractivity contribution in [3.8, 4) is 0 Å². The molecule has 1 unspecified atom stereocenters. The molecule has 3 rings (SSSR count). The quantitative estimate of drug-likeness (QED) is 0.319. The smallest absolute Gasteiger partial charge is 0.191 e. The third-order valence-electron chi connectivity index (χ3n) is 5.80. The van der Waals surface area contributed by atoms with E-state index < -0.39 is 0 Å². The number of methoxy groups -OCH3 is 1. The number of hydrogen-bond acceptors (Lipinski definition) is 4. The van der Waals surface area contributed by atoms with Gasteiger partial charge in [0.05, 0.1) is 6.61 Å². The first kappa shape index (κ1) is 24.5. The Morgan fingerprint density at radius 3 is 2.72 bits per heavy atom. The number of anilines is 1. The fraction of sp³-hybridized carbons (Fsp3) is 0.667. The van der Waals surface area contributed by atoms with Gasteiger partial charge >= 0.3 is 0 Å². The number of ether oxygens (including phenoxy) is 1. The van der Waals surface area contributed by atoms with Crippen LogP contribution >= 0.6 is 35.6 Å². The lowest BCUT2D eigenvalue weighted by molar-refractivity contribution is 0.121.